The minimum absolute atomic E-state index is 0.0171. The Morgan fingerprint density at radius 2 is 1.61 bits per heavy atom. The molecule has 2 aromatic heterocycles. The zero-order valence-corrected chi connectivity index (χ0v) is 15.6. The first kappa shape index (κ1) is 19.8. The standard InChI is InChI=1S/C21H21F3N4/c1-14(2)11-18(28-19-5-3-4-10-25-19)16-12-26-20(27-13-16)15-6-8-17(9-7-15)21(22,23)24/h3-10,12-14,18H,11H2,1-2H3,(H,25,28)/t18-/m0/s1. The van der Waals surface area contributed by atoms with Gasteiger partial charge in [-0.1, -0.05) is 32.0 Å². The van der Waals surface area contributed by atoms with Gasteiger partial charge in [-0.3, -0.25) is 0 Å². The molecule has 3 rings (SSSR count). The van der Waals surface area contributed by atoms with Crippen LogP contribution < -0.4 is 5.32 Å². The van der Waals surface area contributed by atoms with Gasteiger partial charge in [0, 0.05) is 29.7 Å². The smallest absolute Gasteiger partial charge is 0.363 e. The Morgan fingerprint density at radius 3 is 2.14 bits per heavy atom. The summed E-state index contributed by atoms with van der Waals surface area (Å²) < 4.78 is 38.1. The van der Waals surface area contributed by atoms with Crippen LogP contribution in [-0.2, 0) is 6.18 Å². The van der Waals surface area contributed by atoms with Gasteiger partial charge < -0.3 is 5.32 Å². The number of halogens is 3. The average molecular weight is 386 g/mol. The third-order valence-corrected chi connectivity index (χ3v) is 4.24. The molecule has 0 saturated heterocycles. The molecular formula is C21H21F3N4. The summed E-state index contributed by atoms with van der Waals surface area (Å²) in [6.45, 7) is 4.26. The van der Waals surface area contributed by atoms with E-state index in [0.29, 0.717) is 17.3 Å². The SMILES string of the molecule is CC(C)C[C@H](Nc1ccccn1)c1cnc(-c2ccc(C(F)(F)F)cc2)nc1. The van der Waals surface area contributed by atoms with Crippen molar-refractivity contribution in [3.8, 4) is 11.4 Å². The maximum absolute atomic E-state index is 12.7. The van der Waals surface area contributed by atoms with E-state index in [9.17, 15) is 13.2 Å². The fourth-order valence-electron chi connectivity index (χ4n) is 2.85. The van der Waals surface area contributed by atoms with Crippen LogP contribution in [0.5, 0.6) is 0 Å². The first-order valence-electron chi connectivity index (χ1n) is 9.00. The molecular weight excluding hydrogens is 365 g/mol. The van der Waals surface area contributed by atoms with Gasteiger partial charge in [-0.05, 0) is 36.6 Å². The highest BCUT2D eigenvalue weighted by atomic mass is 19.4. The molecule has 0 radical (unpaired) electrons. The van der Waals surface area contributed by atoms with E-state index < -0.39 is 11.7 Å². The monoisotopic (exact) mass is 386 g/mol. The summed E-state index contributed by atoms with van der Waals surface area (Å²) in [6, 6.07) is 10.5. The molecule has 0 amide bonds. The number of nitrogens with zero attached hydrogens (tertiary/aromatic N) is 3. The molecule has 7 heteroatoms. The van der Waals surface area contributed by atoms with Crippen molar-refractivity contribution >= 4 is 5.82 Å². The van der Waals surface area contributed by atoms with E-state index in [1.807, 2.05) is 18.2 Å². The molecule has 0 unspecified atom stereocenters. The second kappa shape index (κ2) is 8.37. The van der Waals surface area contributed by atoms with Crippen molar-refractivity contribution in [3.63, 3.8) is 0 Å². The number of hydrogen-bond donors (Lipinski definition) is 1. The molecule has 4 nitrogen and oxygen atoms in total. The van der Waals surface area contributed by atoms with Gasteiger partial charge in [0.1, 0.15) is 5.82 Å². The van der Waals surface area contributed by atoms with Crippen molar-refractivity contribution in [1.82, 2.24) is 15.0 Å². The number of pyridine rings is 1. The lowest BCUT2D eigenvalue weighted by atomic mass is 9.99. The van der Waals surface area contributed by atoms with Gasteiger partial charge in [0.25, 0.3) is 0 Å². The third-order valence-electron chi connectivity index (χ3n) is 4.24. The highest BCUT2D eigenvalue weighted by Crippen LogP contribution is 2.30. The van der Waals surface area contributed by atoms with Gasteiger partial charge in [0.05, 0.1) is 11.6 Å². The molecule has 2 heterocycles. The number of aromatic nitrogens is 3. The predicted octanol–water partition coefficient (Wildman–Crippen LogP) is 5.76. The van der Waals surface area contributed by atoms with Crippen LogP contribution in [-0.4, -0.2) is 15.0 Å². The molecule has 0 saturated carbocycles. The van der Waals surface area contributed by atoms with Gasteiger partial charge in [0.2, 0.25) is 0 Å². The number of alkyl halides is 3. The Kier molecular flexibility index (Phi) is 5.92. The maximum Gasteiger partial charge on any atom is 0.416 e. The second-order valence-corrected chi connectivity index (χ2v) is 6.96. The zero-order chi connectivity index (χ0) is 20.1. The Labute approximate surface area is 161 Å². The number of benzene rings is 1. The fourth-order valence-corrected chi connectivity index (χ4v) is 2.85. The van der Waals surface area contributed by atoms with Crippen molar-refractivity contribution < 1.29 is 13.2 Å². The normalized spacial score (nSPS) is 12.8. The first-order valence-corrected chi connectivity index (χ1v) is 9.00. The summed E-state index contributed by atoms with van der Waals surface area (Å²) in [7, 11) is 0. The molecule has 0 aliphatic carbocycles. The predicted molar refractivity (Wildman–Crippen MR) is 103 cm³/mol. The maximum atomic E-state index is 12.7. The van der Waals surface area contributed by atoms with E-state index in [2.05, 4.69) is 34.1 Å². The molecule has 146 valence electrons. The topological polar surface area (TPSA) is 50.7 Å². The number of anilines is 1. The van der Waals surface area contributed by atoms with Crippen molar-refractivity contribution in [2.24, 2.45) is 5.92 Å². The van der Waals surface area contributed by atoms with Gasteiger partial charge in [-0.15, -0.1) is 0 Å². The summed E-state index contributed by atoms with van der Waals surface area (Å²) in [5.41, 5.74) is 0.747. The number of rotatable bonds is 6. The number of nitrogens with one attached hydrogen (secondary N) is 1. The van der Waals surface area contributed by atoms with Crippen molar-refractivity contribution in [2.45, 2.75) is 32.5 Å². The third kappa shape index (κ3) is 5.06. The molecule has 1 aromatic carbocycles. The van der Waals surface area contributed by atoms with E-state index in [1.54, 1.807) is 18.6 Å². The highest BCUT2D eigenvalue weighted by Gasteiger charge is 2.30. The lowest BCUT2D eigenvalue weighted by Crippen LogP contribution is -2.15. The van der Waals surface area contributed by atoms with Gasteiger partial charge in [0.15, 0.2) is 5.82 Å². The van der Waals surface area contributed by atoms with E-state index in [-0.39, 0.29) is 6.04 Å². The molecule has 0 fully saturated rings. The van der Waals surface area contributed by atoms with Crippen molar-refractivity contribution in [1.29, 1.82) is 0 Å². The van der Waals surface area contributed by atoms with Crippen LogP contribution in [0.15, 0.2) is 61.1 Å². The van der Waals surface area contributed by atoms with E-state index in [0.717, 1.165) is 29.9 Å². The van der Waals surface area contributed by atoms with Gasteiger partial charge in [-0.2, -0.15) is 13.2 Å². The van der Waals surface area contributed by atoms with Crippen molar-refractivity contribution in [2.75, 3.05) is 5.32 Å². The lowest BCUT2D eigenvalue weighted by Gasteiger charge is -2.21. The summed E-state index contributed by atoms with van der Waals surface area (Å²) in [5, 5.41) is 3.39. The lowest BCUT2D eigenvalue weighted by molar-refractivity contribution is -0.137. The molecule has 1 N–H and O–H groups in total. The average Bonchev–Trinajstić information content (AvgIpc) is 2.67. The Hall–Kier alpha value is -2.96. The first-order chi connectivity index (χ1) is 13.3. The van der Waals surface area contributed by atoms with Crippen LogP contribution in [0.2, 0.25) is 0 Å². The largest absolute Gasteiger partial charge is 0.416 e. The minimum atomic E-state index is -4.36. The van der Waals surface area contributed by atoms with Crippen LogP contribution in [0, 0.1) is 5.92 Å². The van der Waals surface area contributed by atoms with Gasteiger partial charge >= 0.3 is 6.18 Å². The number of hydrogen-bond acceptors (Lipinski definition) is 4. The van der Waals surface area contributed by atoms with Crippen LogP contribution in [0.4, 0.5) is 19.0 Å². The van der Waals surface area contributed by atoms with Crippen LogP contribution in [0.25, 0.3) is 11.4 Å². The molecule has 1 atom stereocenters. The van der Waals surface area contributed by atoms with Crippen molar-refractivity contribution in [3.05, 3.63) is 72.2 Å². The quantitative estimate of drug-likeness (QED) is 0.585. The molecule has 0 aliphatic rings. The van der Waals surface area contributed by atoms with E-state index >= 15 is 0 Å². The molecule has 0 bridgehead atoms. The van der Waals surface area contributed by atoms with Crippen LogP contribution in [0.3, 0.4) is 0 Å². The summed E-state index contributed by atoms with van der Waals surface area (Å²) in [4.78, 5) is 13.0. The summed E-state index contributed by atoms with van der Waals surface area (Å²) in [5.74, 6) is 1.59. The molecule has 0 spiro atoms. The molecule has 28 heavy (non-hydrogen) atoms. The van der Waals surface area contributed by atoms with E-state index in [4.69, 9.17) is 0 Å². The minimum Gasteiger partial charge on any atom is -0.363 e. The summed E-state index contributed by atoms with van der Waals surface area (Å²) >= 11 is 0. The zero-order valence-electron chi connectivity index (χ0n) is 15.6. The molecule has 3 aromatic rings. The van der Waals surface area contributed by atoms with Gasteiger partial charge in [-0.25, -0.2) is 15.0 Å². The fraction of sp³-hybridized carbons (Fsp3) is 0.286. The van der Waals surface area contributed by atoms with Crippen LogP contribution in [0.1, 0.15) is 37.4 Å². The Balaban J connectivity index is 1.80. The van der Waals surface area contributed by atoms with E-state index in [1.165, 1.54) is 12.1 Å². The van der Waals surface area contributed by atoms with Crippen LogP contribution >= 0.6 is 0 Å². The highest BCUT2D eigenvalue weighted by molar-refractivity contribution is 5.55. The second-order valence-electron chi connectivity index (χ2n) is 6.96. The summed E-state index contributed by atoms with van der Waals surface area (Å²) in [6.07, 6.45) is 1.65. The molecule has 0 aliphatic heterocycles. The Bertz CT molecular complexity index is 876. The Morgan fingerprint density at radius 1 is 0.929 bits per heavy atom.